The number of hydrogen-bond donors (Lipinski definition) is 0. The van der Waals surface area contributed by atoms with Crippen molar-refractivity contribution >= 4 is 17.0 Å². The number of likely N-dealkylation sites (N-methyl/N-ethyl adjacent to an activating group) is 1. The number of methoxy groups -OCH3 is 1. The monoisotopic (exact) mass is 401 g/mol. The molecule has 2 aromatic heterocycles. The van der Waals surface area contributed by atoms with Crippen LogP contribution in [0.1, 0.15) is 0 Å². The molecule has 1 aliphatic rings. The molecule has 1 saturated heterocycles. The lowest BCUT2D eigenvalue weighted by Gasteiger charge is -2.33. The van der Waals surface area contributed by atoms with E-state index in [-0.39, 0.29) is 0 Å². The SMILES string of the molecule is COc1cccc(-c2nc(N3CCN(C)CC3)c3oc(-c4ccccc4)nc3n2)c1. The molecule has 7 heteroatoms. The van der Waals surface area contributed by atoms with E-state index in [0.717, 1.165) is 48.9 Å². The van der Waals surface area contributed by atoms with Gasteiger partial charge in [0.05, 0.1) is 7.11 Å². The molecule has 4 aromatic rings. The Morgan fingerprint density at radius 3 is 2.40 bits per heavy atom. The minimum Gasteiger partial charge on any atom is -0.497 e. The smallest absolute Gasteiger partial charge is 0.229 e. The molecule has 0 amide bonds. The molecule has 152 valence electrons. The third-order valence-corrected chi connectivity index (χ3v) is 5.39. The lowest BCUT2D eigenvalue weighted by Crippen LogP contribution is -2.44. The Hall–Kier alpha value is -3.45. The van der Waals surface area contributed by atoms with Crippen LogP contribution in [0, 0.1) is 0 Å². The lowest BCUT2D eigenvalue weighted by molar-refractivity contribution is 0.312. The number of oxazole rings is 1. The van der Waals surface area contributed by atoms with E-state index in [1.165, 1.54) is 0 Å². The molecule has 1 aliphatic heterocycles. The maximum absolute atomic E-state index is 6.18. The zero-order valence-electron chi connectivity index (χ0n) is 17.1. The topological polar surface area (TPSA) is 67.5 Å². The van der Waals surface area contributed by atoms with E-state index in [1.54, 1.807) is 7.11 Å². The molecule has 0 bridgehead atoms. The van der Waals surface area contributed by atoms with Crippen LogP contribution in [0.3, 0.4) is 0 Å². The first kappa shape index (κ1) is 18.6. The molecule has 0 atom stereocenters. The highest BCUT2D eigenvalue weighted by Gasteiger charge is 2.23. The summed E-state index contributed by atoms with van der Waals surface area (Å²) >= 11 is 0. The first-order chi connectivity index (χ1) is 14.7. The van der Waals surface area contributed by atoms with E-state index in [1.807, 2.05) is 54.6 Å². The zero-order valence-corrected chi connectivity index (χ0v) is 17.1. The molecule has 2 aromatic carbocycles. The number of rotatable bonds is 4. The van der Waals surface area contributed by atoms with E-state index in [4.69, 9.17) is 24.1 Å². The fourth-order valence-corrected chi connectivity index (χ4v) is 3.64. The lowest BCUT2D eigenvalue weighted by atomic mass is 10.2. The Morgan fingerprint density at radius 2 is 1.63 bits per heavy atom. The summed E-state index contributed by atoms with van der Waals surface area (Å²) < 4.78 is 11.6. The fourth-order valence-electron chi connectivity index (χ4n) is 3.64. The van der Waals surface area contributed by atoms with Crippen molar-refractivity contribution in [3.8, 4) is 28.6 Å². The molecule has 0 unspecified atom stereocenters. The van der Waals surface area contributed by atoms with Crippen LogP contribution in [0.15, 0.2) is 59.0 Å². The highest BCUT2D eigenvalue weighted by atomic mass is 16.5. The van der Waals surface area contributed by atoms with Crippen molar-refractivity contribution in [2.45, 2.75) is 0 Å². The van der Waals surface area contributed by atoms with Crippen LogP contribution < -0.4 is 9.64 Å². The summed E-state index contributed by atoms with van der Waals surface area (Å²) in [5.41, 5.74) is 3.00. The molecule has 3 heterocycles. The van der Waals surface area contributed by atoms with Gasteiger partial charge in [0.2, 0.25) is 17.1 Å². The quantitative estimate of drug-likeness (QED) is 0.516. The molecule has 0 radical (unpaired) electrons. The Morgan fingerprint density at radius 1 is 0.867 bits per heavy atom. The van der Waals surface area contributed by atoms with Gasteiger partial charge in [-0.1, -0.05) is 30.3 Å². The van der Waals surface area contributed by atoms with Crippen molar-refractivity contribution in [2.24, 2.45) is 0 Å². The second-order valence-corrected chi connectivity index (χ2v) is 7.43. The van der Waals surface area contributed by atoms with Crippen LogP contribution >= 0.6 is 0 Å². The molecule has 7 nitrogen and oxygen atoms in total. The van der Waals surface area contributed by atoms with Gasteiger partial charge in [-0.2, -0.15) is 4.98 Å². The van der Waals surface area contributed by atoms with Crippen molar-refractivity contribution in [1.29, 1.82) is 0 Å². The van der Waals surface area contributed by atoms with Crippen molar-refractivity contribution in [3.05, 3.63) is 54.6 Å². The predicted octanol–water partition coefficient (Wildman–Crippen LogP) is 3.71. The maximum Gasteiger partial charge on any atom is 0.229 e. The van der Waals surface area contributed by atoms with E-state index in [2.05, 4.69) is 16.8 Å². The van der Waals surface area contributed by atoms with Crippen molar-refractivity contribution in [2.75, 3.05) is 45.2 Å². The van der Waals surface area contributed by atoms with Gasteiger partial charge in [-0.25, -0.2) is 9.97 Å². The summed E-state index contributed by atoms with van der Waals surface area (Å²) in [6, 6.07) is 17.7. The number of aromatic nitrogens is 3. The Balaban J connectivity index is 1.66. The second-order valence-electron chi connectivity index (χ2n) is 7.43. The van der Waals surface area contributed by atoms with Crippen LogP contribution in [0.25, 0.3) is 34.1 Å². The molecule has 5 rings (SSSR count). The average molecular weight is 401 g/mol. The number of hydrogen-bond acceptors (Lipinski definition) is 7. The van der Waals surface area contributed by atoms with Crippen LogP contribution in [-0.4, -0.2) is 60.2 Å². The molecule has 1 fully saturated rings. The van der Waals surface area contributed by atoms with Gasteiger partial charge in [0.15, 0.2) is 11.6 Å². The van der Waals surface area contributed by atoms with Crippen molar-refractivity contribution in [1.82, 2.24) is 19.9 Å². The summed E-state index contributed by atoms with van der Waals surface area (Å²) in [6.45, 7) is 3.70. The van der Waals surface area contributed by atoms with Crippen LogP contribution in [0.4, 0.5) is 5.82 Å². The summed E-state index contributed by atoms with van der Waals surface area (Å²) in [4.78, 5) is 18.9. The fraction of sp³-hybridized carbons (Fsp3) is 0.261. The number of anilines is 1. The zero-order chi connectivity index (χ0) is 20.5. The minimum absolute atomic E-state index is 0.554. The average Bonchev–Trinajstić information content (AvgIpc) is 3.24. The minimum atomic E-state index is 0.554. The van der Waals surface area contributed by atoms with Gasteiger partial charge >= 0.3 is 0 Å². The van der Waals surface area contributed by atoms with Gasteiger partial charge in [-0.15, -0.1) is 0 Å². The first-order valence-corrected chi connectivity index (χ1v) is 10.0. The van der Waals surface area contributed by atoms with Crippen LogP contribution in [0.2, 0.25) is 0 Å². The highest BCUT2D eigenvalue weighted by Crippen LogP contribution is 2.32. The summed E-state index contributed by atoms with van der Waals surface area (Å²) in [5.74, 6) is 2.73. The number of fused-ring (bicyclic) bond motifs is 1. The number of ether oxygens (including phenoxy) is 1. The molecule has 0 aliphatic carbocycles. The van der Waals surface area contributed by atoms with Gasteiger partial charge in [-0.05, 0) is 31.3 Å². The van der Waals surface area contributed by atoms with E-state index in [9.17, 15) is 0 Å². The summed E-state index contributed by atoms with van der Waals surface area (Å²) in [7, 11) is 3.79. The third kappa shape index (κ3) is 3.48. The third-order valence-electron chi connectivity index (χ3n) is 5.39. The van der Waals surface area contributed by atoms with Crippen LogP contribution in [0.5, 0.6) is 5.75 Å². The summed E-state index contributed by atoms with van der Waals surface area (Å²) in [5, 5.41) is 0. The molecule has 0 N–H and O–H groups in total. The van der Waals surface area contributed by atoms with Crippen molar-refractivity contribution < 1.29 is 9.15 Å². The molecular formula is C23H23N5O2. The largest absolute Gasteiger partial charge is 0.497 e. The number of benzene rings is 2. The number of piperazine rings is 1. The second kappa shape index (κ2) is 7.76. The highest BCUT2D eigenvalue weighted by molar-refractivity contribution is 5.85. The van der Waals surface area contributed by atoms with Crippen molar-refractivity contribution in [3.63, 3.8) is 0 Å². The number of nitrogens with zero attached hydrogens (tertiary/aromatic N) is 5. The standard InChI is InChI=1S/C23H23N5O2/c1-27-11-13-28(14-12-27)22-19-21(26-23(30-19)16-7-4-3-5-8-16)24-20(25-22)17-9-6-10-18(15-17)29-2/h3-10,15H,11-14H2,1-2H3. The predicted molar refractivity (Wildman–Crippen MR) is 117 cm³/mol. The Bertz CT molecular complexity index is 1170. The van der Waals surface area contributed by atoms with Gasteiger partial charge in [0.1, 0.15) is 5.75 Å². The molecule has 30 heavy (non-hydrogen) atoms. The van der Waals surface area contributed by atoms with Gasteiger partial charge in [0.25, 0.3) is 0 Å². The Kier molecular flexibility index (Phi) is 4.80. The van der Waals surface area contributed by atoms with E-state index >= 15 is 0 Å². The van der Waals surface area contributed by atoms with Crippen LogP contribution in [-0.2, 0) is 0 Å². The van der Waals surface area contributed by atoms with E-state index < -0.39 is 0 Å². The Labute approximate surface area is 174 Å². The van der Waals surface area contributed by atoms with E-state index in [0.29, 0.717) is 22.9 Å². The normalized spacial score (nSPS) is 14.9. The molecule has 0 saturated carbocycles. The first-order valence-electron chi connectivity index (χ1n) is 10.0. The van der Waals surface area contributed by atoms with Gasteiger partial charge in [0, 0.05) is 37.3 Å². The molecular weight excluding hydrogens is 378 g/mol. The van der Waals surface area contributed by atoms with Gasteiger partial charge < -0.3 is 19.0 Å². The molecule has 0 spiro atoms. The summed E-state index contributed by atoms with van der Waals surface area (Å²) in [6.07, 6.45) is 0. The maximum atomic E-state index is 6.18. The van der Waals surface area contributed by atoms with Gasteiger partial charge in [-0.3, -0.25) is 0 Å².